The standard InChI is InChI=1S/C36H45N3O8/c1-8-21(2)33(36(42)37-17-18-47-25-12-10-24(43-4)11-13-25)39-29-16-14-26-27(20-30(29)41)28(38-22(3)40)15-9-23-19-31(44-5)34(45-6)35(46-7)32(23)26/h10-14,16,19-21,28,33H,8-9,15,17-18H2,1-7H3,(H,37,42)(H,38,40)(H,39,41)/t21-,28+,33+/m0/s1. The van der Waals surface area contributed by atoms with Crippen LogP contribution in [0.1, 0.15) is 50.8 Å². The molecule has 3 atom stereocenters. The molecule has 3 N–H and O–H groups in total. The lowest BCUT2D eigenvalue weighted by Crippen LogP contribution is -2.45. The minimum Gasteiger partial charge on any atom is -0.497 e. The van der Waals surface area contributed by atoms with Gasteiger partial charge in [0.25, 0.3) is 0 Å². The molecule has 0 aromatic heterocycles. The topological polar surface area (TPSA) is 133 Å². The fourth-order valence-electron chi connectivity index (χ4n) is 5.82. The molecule has 0 saturated carbocycles. The molecular weight excluding hydrogens is 602 g/mol. The van der Waals surface area contributed by atoms with Gasteiger partial charge in [-0.05, 0) is 77.9 Å². The second-order valence-corrected chi connectivity index (χ2v) is 11.4. The summed E-state index contributed by atoms with van der Waals surface area (Å²) in [6, 6.07) is 13.0. The van der Waals surface area contributed by atoms with Crippen molar-refractivity contribution in [2.24, 2.45) is 5.92 Å². The Morgan fingerprint density at radius 2 is 1.62 bits per heavy atom. The van der Waals surface area contributed by atoms with E-state index in [0.717, 1.165) is 16.9 Å². The van der Waals surface area contributed by atoms with Gasteiger partial charge in [-0.15, -0.1) is 0 Å². The van der Waals surface area contributed by atoms with Crippen LogP contribution < -0.4 is 45.1 Å². The third-order valence-corrected chi connectivity index (χ3v) is 8.45. The predicted molar refractivity (Wildman–Crippen MR) is 181 cm³/mol. The van der Waals surface area contributed by atoms with Crippen LogP contribution in [0.5, 0.6) is 28.7 Å². The molecule has 1 aliphatic carbocycles. The molecule has 0 bridgehead atoms. The second-order valence-electron chi connectivity index (χ2n) is 11.4. The first-order valence-corrected chi connectivity index (χ1v) is 15.7. The average Bonchev–Trinajstić information content (AvgIpc) is 3.32. The van der Waals surface area contributed by atoms with Crippen molar-refractivity contribution in [3.05, 3.63) is 69.9 Å². The lowest BCUT2D eigenvalue weighted by Gasteiger charge is -2.24. The van der Waals surface area contributed by atoms with Crippen LogP contribution in [0.3, 0.4) is 0 Å². The number of carbonyl (C=O) groups is 2. The molecule has 47 heavy (non-hydrogen) atoms. The van der Waals surface area contributed by atoms with Crippen LogP contribution in [0.15, 0.2) is 53.3 Å². The van der Waals surface area contributed by atoms with Crippen LogP contribution >= 0.6 is 0 Å². The minimum atomic E-state index is -0.687. The Hall–Kier alpha value is -4.93. The Bertz CT molecular complexity index is 1630. The van der Waals surface area contributed by atoms with E-state index in [1.807, 2.05) is 26.0 Å². The van der Waals surface area contributed by atoms with E-state index in [0.29, 0.717) is 53.4 Å². The molecule has 252 valence electrons. The van der Waals surface area contributed by atoms with E-state index >= 15 is 0 Å². The largest absolute Gasteiger partial charge is 0.497 e. The number of carbonyl (C=O) groups excluding carboxylic acids is 2. The van der Waals surface area contributed by atoms with Gasteiger partial charge in [0.1, 0.15) is 24.1 Å². The lowest BCUT2D eigenvalue weighted by molar-refractivity contribution is -0.123. The summed E-state index contributed by atoms with van der Waals surface area (Å²) in [5.41, 5.74) is 2.98. The highest BCUT2D eigenvalue weighted by molar-refractivity contribution is 5.86. The van der Waals surface area contributed by atoms with Crippen molar-refractivity contribution in [1.82, 2.24) is 10.6 Å². The van der Waals surface area contributed by atoms with E-state index in [1.54, 1.807) is 58.8 Å². The van der Waals surface area contributed by atoms with Gasteiger partial charge in [0.2, 0.25) is 23.0 Å². The molecule has 0 spiro atoms. The number of nitrogens with one attached hydrogen (secondary N) is 3. The molecule has 0 unspecified atom stereocenters. The zero-order chi connectivity index (χ0) is 34.1. The Kier molecular flexibility index (Phi) is 11.9. The van der Waals surface area contributed by atoms with Gasteiger partial charge in [0.05, 0.1) is 46.7 Å². The van der Waals surface area contributed by atoms with E-state index in [-0.39, 0.29) is 42.0 Å². The van der Waals surface area contributed by atoms with Gasteiger partial charge < -0.3 is 39.6 Å². The molecule has 11 heteroatoms. The van der Waals surface area contributed by atoms with Crippen LogP contribution in [0.4, 0.5) is 5.69 Å². The number of hydrogen-bond donors (Lipinski definition) is 3. The van der Waals surface area contributed by atoms with Gasteiger partial charge >= 0.3 is 0 Å². The molecule has 0 radical (unpaired) electrons. The van der Waals surface area contributed by atoms with Gasteiger partial charge in [0, 0.05) is 12.5 Å². The highest BCUT2D eigenvalue weighted by atomic mass is 16.5. The minimum absolute atomic E-state index is 0.0927. The van der Waals surface area contributed by atoms with Gasteiger partial charge in [-0.1, -0.05) is 26.3 Å². The van der Waals surface area contributed by atoms with Crippen molar-refractivity contribution in [2.45, 2.75) is 52.1 Å². The number of fused-ring (bicyclic) bond motifs is 3. The maximum atomic E-state index is 13.8. The predicted octanol–water partition coefficient (Wildman–Crippen LogP) is 4.89. The Labute approximate surface area is 275 Å². The number of methoxy groups -OCH3 is 4. The van der Waals surface area contributed by atoms with E-state index in [9.17, 15) is 14.4 Å². The molecule has 0 heterocycles. The van der Waals surface area contributed by atoms with Crippen molar-refractivity contribution >= 4 is 17.5 Å². The van der Waals surface area contributed by atoms with Gasteiger partial charge in [-0.3, -0.25) is 14.4 Å². The molecule has 11 nitrogen and oxygen atoms in total. The quantitative estimate of drug-likeness (QED) is 0.209. The number of rotatable bonds is 14. The number of hydrogen-bond acceptors (Lipinski definition) is 9. The smallest absolute Gasteiger partial charge is 0.242 e. The molecule has 0 aliphatic heterocycles. The van der Waals surface area contributed by atoms with E-state index in [4.69, 9.17) is 23.7 Å². The van der Waals surface area contributed by atoms with Crippen LogP contribution in [-0.2, 0) is 16.0 Å². The first-order valence-electron chi connectivity index (χ1n) is 15.7. The number of ether oxygens (including phenoxy) is 5. The first kappa shape index (κ1) is 34.9. The van der Waals surface area contributed by atoms with Crippen LogP contribution in [-0.4, -0.2) is 59.4 Å². The second kappa shape index (κ2) is 16.1. The number of benzene rings is 2. The molecule has 3 aromatic rings. The van der Waals surface area contributed by atoms with Crippen molar-refractivity contribution in [3.8, 4) is 39.9 Å². The Morgan fingerprint density at radius 1 is 0.915 bits per heavy atom. The lowest BCUT2D eigenvalue weighted by atomic mass is 9.95. The number of aryl methyl sites for hydroxylation is 1. The zero-order valence-electron chi connectivity index (χ0n) is 28.2. The van der Waals surface area contributed by atoms with Crippen LogP contribution in [0, 0.1) is 5.92 Å². The van der Waals surface area contributed by atoms with Gasteiger partial charge in [0.15, 0.2) is 11.5 Å². The maximum absolute atomic E-state index is 13.8. The summed E-state index contributed by atoms with van der Waals surface area (Å²) in [6.07, 6.45) is 1.84. The maximum Gasteiger partial charge on any atom is 0.242 e. The normalized spacial score (nSPS) is 14.7. The number of anilines is 1. The third kappa shape index (κ3) is 8.08. The first-order chi connectivity index (χ1) is 22.6. The van der Waals surface area contributed by atoms with Gasteiger partial charge in [-0.25, -0.2) is 0 Å². The summed E-state index contributed by atoms with van der Waals surface area (Å²) in [5, 5.41) is 9.19. The summed E-state index contributed by atoms with van der Waals surface area (Å²) in [7, 11) is 6.26. The van der Waals surface area contributed by atoms with Crippen LogP contribution in [0.2, 0.25) is 0 Å². The fraction of sp³-hybridized carbons (Fsp3) is 0.417. The van der Waals surface area contributed by atoms with Crippen molar-refractivity contribution in [3.63, 3.8) is 0 Å². The van der Waals surface area contributed by atoms with Gasteiger partial charge in [-0.2, -0.15) is 0 Å². The zero-order valence-corrected chi connectivity index (χ0v) is 28.2. The van der Waals surface area contributed by atoms with Crippen molar-refractivity contribution < 1.29 is 33.3 Å². The summed E-state index contributed by atoms with van der Waals surface area (Å²) >= 11 is 0. The highest BCUT2D eigenvalue weighted by Crippen LogP contribution is 2.50. The molecule has 0 fully saturated rings. The summed E-state index contributed by atoms with van der Waals surface area (Å²) in [5.74, 6) is 2.25. The van der Waals surface area contributed by atoms with E-state index in [1.165, 1.54) is 13.0 Å². The SMILES string of the molecule is CC[C@H](C)[C@@H](Nc1ccc2c(cc1=O)[C@H](NC(C)=O)CCc1cc(OC)c(OC)c(OC)c1-2)C(=O)NCCOc1ccc(OC)cc1. The summed E-state index contributed by atoms with van der Waals surface area (Å²) in [4.78, 5) is 39.6. The fourth-order valence-corrected chi connectivity index (χ4v) is 5.82. The molecule has 1 aliphatic rings. The Morgan fingerprint density at radius 3 is 2.23 bits per heavy atom. The van der Waals surface area contributed by atoms with E-state index < -0.39 is 12.1 Å². The molecule has 3 aromatic carbocycles. The monoisotopic (exact) mass is 647 g/mol. The molecule has 2 amide bonds. The third-order valence-electron chi connectivity index (χ3n) is 8.45. The van der Waals surface area contributed by atoms with E-state index in [2.05, 4.69) is 16.0 Å². The number of amides is 2. The summed E-state index contributed by atoms with van der Waals surface area (Å²) in [6.45, 7) is 5.96. The Balaban J connectivity index is 1.67. The van der Waals surface area contributed by atoms with Crippen molar-refractivity contribution in [1.29, 1.82) is 0 Å². The average molecular weight is 648 g/mol. The van der Waals surface area contributed by atoms with Crippen molar-refractivity contribution in [2.75, 3.05) is 46.9 Å². The van der Waals surface area contributed by atoms with Crippen LogP contribution in [0.25, 0.3) is 11.1 Å². The highest BCUT2D eigenvalue weighted by Gasteiger charge is 2.30. The summed E-state index contributed by atoms with van der Waals surface area (Å²) < 4.78 is 28.1. The molecule has 4 rings (SSSR count). The molecular formula is C36H45N3O8. The molecule has 0 saturated heterocycles.